The molecule has 2 aliphatic rings. The van der Waals surface area contributed by atoms with Gasteiger partial charge in [0, 0.05) is 35.6 Å². The van der Waals surface area contributed by atoms with E-state index in [1.807, 2.05) is 20.8 Å². The minimum absolute atomic E-state index is 0.0120. The number of aromatic amines is 1. The van der Waals surface area contributed by atoms with Gasteiger partial charge in [-0.1, -0.05) is 62.7 Å². The smallest absolute Gasteiger partial charge is 0.407 e. The molecule has 5 N–H and O–H groups in total. The molecule has 15 heteroatoms. The molecule has 0 radical (unpaired) electrons. The number of nitrogens with one attached hydrogen (secondary N) is 2. The fraction of sp³-hybridized carbons (Fsp3) is 0.382. The van der Waals surface area contributed by atoms with E-state index in [4.69, 9.17) is 27.1 Å². The van der Waals surface area contributed by atoms with Crippen LogP contribution in [0.5, 0.6) is 0 Å². The van der Waals surface area contributed by atoms with Crippen molar-refractivity contribution in [3.05, 3.63) is 93.6 Å². The number of carbonyl (C=O) groups excluding carboxylic acids is 1. The lowest BCUT2D eigenvalue weighted by Gasteiger charge is -2.40. The van der Waals surface area contributed by atoms with Crippen molar-refractivity contribution in [2.75, 3.05) is 6.61 Å². The molecule has 12 nitrogen and oxygen atoms in total. The van der Waals surface area contributed by atoms with Gasteiger partial charge >= 0.3 is 12.6 Å². The standard InChI is InChI=1S/C34H37ClF2N8O4/c1-33(2,3)18-34(22-7-4-19(5-8-22)21-15-40-44(16-21)30(36)37)29(47)45(31(38)43-34)26(17-49-32(48)41-23-9-10-23)20-6-11-25(35)24(14-20)28-39-13-12-27(46)42-28/h4-8,11-16,23,26,29-30,47H,9-10,17-18H2,1-3H3,(H2,38,43)(H,41,48)(H,39,42,46)/t26-,29?,34-/m1/s1. The first-order chi connectivity index (χ1) is 23.2. The number of aliphatic hydroxyl groups excluding tert-OH is 1. The zero-order chi connectivity index (χ0) is 35.1. The van der Waals surface area contributed by atoms with Gasteiger partial charge in [-0.2, -0.15) is 13.9 Å². The van der Waals surface area contributed by atoms with Crippen molar-refractivity contribution in [2.45, 2.75) is 70.4 Å². The van der Waals surface area contributed by atoms with Crippen molar-refractivity contribution in [2.24, 2.45) is 16.1 Å². The number of benzene rings is 2. The Balaban J connectivity index is 1.39. The number of H-pyrrole nitrogens is 1. The quantitative estimate of drug-likeness (QED) is 0.168. The summed E-state index contributed by atoms with van der Waals surface area (Å²) in [5, 5.41) is 19.2. The summed E-state index contributed by atoms with van der Waals surface area (Å²) in [4.78, 5) is 38.2. The zero-order valence-electron chi connectivity index (χ0n) is 27.1. The van der Waals surface area contributed by atoms with Crippen molar-refractivity contribution in [1.82, 2.24) is 30.0 Å². The predicted molar refractivity (Wildman–Crippen MR) is 180 cm³/mol. The average molecular weight is 695 g/mol. The molecule has 1 unspecified atom stereocenters. The Morgan fingerprint density at radius 2 is 1.92 bits per heavy atom. The zero-order valence-corrected chi connectivity index (χ0v) is 27.9. The second kappa shape index (κ2) is 13.2. The van der Waals surface area contributed by atoms with E-state index in [1.165, 1.54) is 29.6 Å². The maximum atomic E-state index is 13.2. The molecule has 2 aromatic carbocycles. The molecule has 258 valence electrons. The SMILES string of the molecule is CC(C)(C)C[C@]1(c2ccc(-c3cnn(C(F)F)c3)cc2)N=C(N)N([C@H](COC(=O)NC2CC2)c2ccc(Cl)c(-c3nccc(=O)[nH]3)c2)C1O. The van der Waals surface area contributed by atoms with Crippen molar-refractivity contribution < 1.29 is 23.4 Å². The average Bonchev–Trinajstić information content (AvgIpc) is 3.64. The Bertz CT molecular complexity index is 1920. The normalized spacial score (nSPS) is 20.0. The van der Waals surface area contributed by atoms with E-state index in [9.17, 15) is 23.5 Å². The molecule has 3 atom stereocenters. The van der Waals surface area contributed by atoms with Gasteiger partial charge in [-0.3, -0.25) is 4.79 Å². The number of hydrogen-bond donors (Lipinski definition) is 4. The fourth-order valence-electron chi connectivity index (χ4n) is 6.17. The molecule has 0 bridgehead atoms. The van der Waals surface area contributed by atoms with Crippen LogP contribution in [0.4, 0.5) is 13.6 Å². The molecular weight excluding hydrogens is 658 g/mol. The van der Waals surface area contributed by atoms with Crippen LogP contribution in [-0.4, -0.2) is 60.7 Å². The highest BCUT2D eigenvalue weighted by atomic mass is 35.5. The van der Waals surface area contributed by atoms with E-state index in [1.54, 1.807) is 42.5 Å². The van der Waals surface area contributed by atoms with Crippen LogP contribution in [-0.2, 0) is 10.3 Å². The Morgan fingerprint density at radius 1 is 1.18 bits per heavy atom. The van der Waals surface area contributed by atoms with Crippen LogP contribution in [0, 0.1) is 5.41 Å². The number of alkyl halides is 2. The first kappa shape index (κ1) is 34.1. The number of ether oxygens (including phenoxy) is 1. The molecule has 1 fully saturated rings. The number of aliphatic imine (C=N–C) groups is 1. The van der Waals surface area contributed by atoms with Crippen LogP contribution < -0.4 is 16.6 Å². The van der Waals surface area contributed by atoms with Gasteiger partial charge in [-0.15, -0.1) is 0 Å². The maximum absolute atomic E-state index is 13.2. The third kappa shape index (κ3) is 7.30. The van der Waals surface area contributed by atoms with E-state index < -0.39 is 30.5 Å². The van der Waals surface area contributed by atoms with Gasteiger partial charge in [0.15, 0.2) is 12.2 Å². The number of amides is 1. The van der Waals surface area contributed by atoms with Crippen LogP contribution in [0.3, 0.4) is 0 Å². The van der Waals surface area contributed by atoms with E-state index in [0.717, 1.165) is 12.8 Å². The predicted octanol–water partition coefficient (Wildman–Crippen LogP) is 5.56. The molecule has 1 aliphatic carbocycles. The van der Waals surface area contributed by atoms with Gasteiger partial charge in [0.1, 0.15) is 18.0 Å². The van der Waals surface area contributed by atoms with Crippen LogP contribution in [0.2, 0.25) is 5.02 Å². The third-order valence-electron chi connectivity index (χ3n) is 8.50. The van der Waals surface area contributed by atoms with E-state index >= 15 is 0 Å². The number of aliphatic hydroxyl groups is 1. The lowest BCUT2D eigenvalue weighted by atomic mass is 9.75. The largest absolute Gasteiger partial charge is 0.447 e. The summed E-state index contributed by atoms with van der Waals surface area (Å²) in [6.07, 6.45) is 4.14. The topological polar surface area (TPSA) is 164 Å². The van der Waals surface area contributed by atoms with Crippen LogP contribution >= 0.6 is 11.6 Å². The summed E-state index contributed by atoms with van der Waals surface area (Å²) in [5.74, 6) is 0.244. The first-order valence-electron chi connectivity index (χ1n) is 15.8. The number of halogens is 3. The number of alkyl carbamates (subject to hydrolysis) is 1. The molecule has 3 heterocycles. The fourth-order valence-corrected chi connectivity index (χ4v) is 6.38. The van der Waals surface area contributed by atoms with Gasteiger partial charge in [0.2, 0.25) is 0 Å². The van der Waals surface area contributed by atoms with Crippen LogP contribution in [0.15, 0.2) is 76.9 Å². The summed E-state index contributed by atoms with van der Waals surface area (Å²) in [7, 11) is 0. The molecule has 1 saturated carbocycles. The number of nitrogens with zero attached hydrogens (tertiary/aromatic N) is 5. The van der Waals surface area contributed by atoms with E-state index in [2.05, 4.69) is 20.4 Å². The molecule has 0 spiro atoms. The van der Waals surface area contributed by atoms with Crippen molar-refractivity contribution in [3.8, 4) is 22.5 Å². The molecule has 0 saturated heterocycles. The van der Waals surface area contributed by atoms with Gasteiger partial charge in [-0.05, 0) is 53.5 Å². The maximum Gasteiger partial charge on any atom is 0.407 e. The summed E-state index contributed by atoms with van der Waals surface area (Å²) < 4.78 is 32.6. The minimum atomic E-state index is -2.76. The molecule has 4 aromatic rings. The van der Waals surface area contributed by atoms with Crippen molar-refractivity contribution in [3.63, 3.8) is 0 Å². The lowest BCUT2D eigenvalue weighted by molar-refractivity contribution is -0.0414. The minimum Gasteiger partial charge on any atom is -0.447 e. The number of carbonyl (C=O) groups is 1. The summed E-state index contributed by atoms with van der Waals surface area (Å²) in [6.45, 7) is 3.07. The molecular formula is C34H37ClF2N8O4. The summed E-state index contributed by atoms with van der Waals surface area (Å²) >= 11 is 6.56. The number of aromatic nitrogens is 4. The second-order valence-corrected chi connectivity index (χ2v) is 13.9. The highest BCUT2D eigenvalue weighted by molar-refractivity contribution is 6.33. The van der Waals surface area contributed by atoms with Gasteiger partial charge < -0.3 is 30.8 Å². The summed E-state index contributed by atoms with van der Waals surface area (Å²) in [5.41, 5.74) is 7.45. The van der Waals surface area contributed by atoms with E-state index in [0.29, 0.717) is 43.9 Å². The third-order valence-corrected chi connectivity index (χ3v) is 8.83. The van der Waals surface area contributed by atoms with Gasteiger partial charge in [-0.25, -0.2) is 19.5 Å². The molecule has 1 amide bonds. The van der Waals surface area contributed by atoms with Crippen molar-refractivity contribution >= 4 is 23.7 Å². The molecule has 6 rings (SSSR count). The highest BCUT2D eigenvalue weighted by Crippen LogP contribution is 2.47. The number of hydrogen-bond acceptors (Lipinski definition) is 9. The Hall–Kier alpha value is -4.82. The second-order valence-electron chi connectivity index (χ2n) is 13.5. The number of nitrogens with two attached hydrogens (primary N) is 1. The monoisotopic (exact) mass is 694 g/mol. The van der Waals surface area contributed by atoms with E-state index in [-0.39, 0.29) is 35.4 Å². The lowest BCUT2D eigenvalue weighted by Crippen LogP contribution is -2.51. The Kier molecular flexibility index (Phi) is 9.20. The molecule has 1 aliphatic heterocycles. The summed E-state index contributed by atoms with van der Waals surface area (Å²) in [6, 6.07) is 12.6. The molecule has 2 aromatic heterocycles. The highest BCUT2D eigenvalue weighted by Gasteiger charge is 2.53. The van der Waals surface area contributed by atoms with Crippen LogP contribution in [0.25, 0.3) is 22.5 Å². The van der Waals surface area contributed by atoms with Gasteiger partial charge in [0.25, 0.3) is 5.56 Å². The van der Waals surface area contributed by atoms with Gasteiger partial charge in [0.05, 0.1) is 17.3 Å². The Labute approximate surface area is 286 Å². The first-order valence-corrected chi connectivity index (χ1v) is 16.2. The Morgan fingerprint density at radius 3 is 2.55 bits per heavy atom. The van der Waals surface area contributed by atoms with Crippen LogP contribution in [0.1, 0.15) is 63.8 Å². The number of rotatable bonds is 10. The van der Waals surface area contributed by atoms with Crippen molar-refractivity contribution in [1.29, 1.82) is 0 Å². The molecule has 49 heavy (non-hydrogen) atoms. The number of guanidine groups is 1.